The molecule has 0 N–H and O–H groups in total. The van der Waals surface area contributed by atoms with Crippen LogP contribution in [0.1, 0.15) is 12.5 Å². The van der Waals surface area contributed by atoms with Gasteiger partial charge in [-0.25, -0.2) is 0 Å². The van der Waals surface area contributed by atoms with Crippen LogP contribution in [0.2, 0.25) is 0 Å². The van der Waals surface area contributed by atoms with Crippen molar-refractivity contribution in [3.05, 3.63) is 38.7 Å². The lowest BCUT2D eigenvalue weighted by Crippen LogP contribution is -1.96. The summed E-state index contributed by atoms with van der Waals surface area (Å²) in [4.78, 5) is 2.80. The van der Waals surface area contributed by atoms with E-state index in [1.807, 2.05) is 19.1 Å². The van der Waals surface area contributed by atoms with Gasteiger partial charge in [0.25, 0.3) is 0 Å². The van der Waals surface area contributed by atoms with Gasteiger partial charge in [-0.3, -0.25) is 0 Å². The largest absolute Gasteiger partial charge is 0.479 e. The van der Waals surface area contributed by atoms with Gasteiger partial charge in [-0.2, -0.15) is 0 Å². The molecule has 0 aromatic heterocycles. The summed E-state index contributed by atoms with van der Waals surface area (Å²) in [6.45, 7) is 2.45. The maximum Gasteiger partial charge on any atom is 0.220 e. The highest BCUT2D eigenvalue weighted by Crippen LogP contribution is 2.28. The van der Waals surface area contributed by atoms with E-state index in [9.17, 15) is 0 Å². The highest BCUT2D eigenvalue weighted by molar-refractivity contribution is 9.10. The number of hydrogen-bond acceptors (Lipinski definition) is 4. The SMILES string of the molecule is CCOC(=S)SCc1cc(Br)ccc1N=[N+]=[N-]. The molecule has 0 spiro atoms. The molecule has 0 bridgehead atoms. The normalized spacial score (nSPS) is 9.53. The van der Waals surface area contributed by atoms with E-state index in [1.165, 1.54) is 11.8 Å². The summed E-state index contributed by atoms with van der Waals surface area (Å²) in [6.07, 6.45) is 0. The van der Waals surface area contributed by atoms with E-state index in [0.717, 1.165) is 10.0 Å². The third kappa shape index (κ3) is 4.95. The van der Waals surface area contributed by atoms with Crippen molar-refractivity contribution in [3.63, 3.8) is 0 Å². The molecule has 0 radical (unpaired) electrons. The Kier molecular flexibility index (Phi) is 6.36. The summed E-state index contributed by atoms with van der Waals surface area (Å²) in [5, 5.41) is 3.63. The van der Waals surface area contributed by atoms with E-state index in [4.69, 9.17) is 22.5 Å². The van der Waals surface area contributed by atoms with Crippen LogP contribution >= 0.6 is 39.9 Å². The summed E-state index contributed by atoms with van der Waals surface area (Å²) in [6, 6.07) is 5.51. The zero-order chi connectivity index (χ0) is 12.7. The van der Waals surface area contributed by atoms with Gasteiger partial charge in [-0.05, 0) is 42.4 Å². The van der Waals surface area contributed by atoms with Gasteiger partial charge in [0.1, 0.15) is 0 Å². The molecule has 0 aliphatic rings. The Morgan fingerprint density at radius 3 is 3.06 bits per heavy atom. The van der Waals surface area contributed by atoms with Crippen LogP contribution in [0.15, 0.2) is 27.8 Å². The molecule has 0 aliphatic heterocycles. The molecule has 0 atom stereocenters. The van der Waals surface area contributed by atoms with Gasteiger partial charge in [-0.15, -0.1) is 0 Å². The molecule has 0 fully saturated rings. The quantitative estimate of drug-likeness (QED) is 0.339. The minimum absolute atomic E-state index is 0.499. The van der Waals surface area contributed by atoms with E-state index in [0.29, 0.717) is 22.4 Å². The number of ether oxygens (including phenoxy) is 1. The fourth-order valence-corrected chi connectivity index (χ4v) is 2.52. The monoisotopic (exact) mass is 331 g/mol. The number of benzene rings is 1. The topological polar surface area (TPSA) is 58.0 Å². The van der Waals surface area contributed by atoms with Gasteiger partial charge in [-0.1, -0.05) is 38.9 Å². The standard InChI is InChI=1S/C10H10BrN3OS2/c1-2-15-10(16)17-6-7-5-8(11)3-4-9(7)13-14-12/h3-5H,2,6H2,1H3. The Balaban J connectivity index is 2.78. The molecule has 1 aromatic rings. The van der Waals surface area contributed by atoms with Gasteiger partial charge in [0, 0.05) is 20.8 Å². The highest BCUT2D eigenvalue weighted by atomic mass is 79.9. The molecule has 0 saturated carbocycles. The summed E-state index contributed by atoms with van der Waals surface area (Å²) in [5.74, 6) is 0.618. The van der Waals surface area contributed by atoms with Gasteiger partial charge in [0.05, 0.1) is 6.61 Å². The maximum atomic E-state index is 8.46. The van der Waals surface area contributed by atoms with Crippen molar-refractivity contribution in [1.82, 2.24) is 0 Å². The Hall–Kier alpha value is -0.750. The molecular weight excluding hydrogens is 322 g/mol. The van der Waals surface area contributed by atoms with Crippen LogP contribution in [0.4, 0.5) is 5.69 Å². The van der Waals surface area contributed by atoms with Crippen molar-refractivity contribution in [2.75, 3.05) is 6.61 Å². The lowest BCUT2D eigenvalue weighted by molar-refractivity contribution is 0.346. The Labute approximate surface area is 117 Å². The average molecular weight is 332 g/mol. The number of thioether (sulfide) groups is 1. The van der Waals surface area contributed by atoms with E-state index in [2.05, 4.69) is 26.0 Å². The van der Waals surface area contributed by atoms with Gasteiger partial charge >= 0.3 is 0 Å². The molecule has 1 rings (SSSR count). The van der Waals surface area contributed by atoms with E-state index in [-0.39, 0.29) is 0 Å². The zero-order valence-corrected chi connectivity index (χ0v) is 12.3. The Morgan fingerprint density at radius 1 is 1.65 bits per heavy atom. The minimum atomic E-state index is 0.499. The van der Waals surface area contributed by atoms with Crippen LogP contribution in [0, 0.1) is 0 Å². The number of halogens is 1. The predicted octanol–water partition coefficient (Wildman–Crippen LogP) is 4.95. The number of thiocarbonyl (C=S) groups is 1. The maximum absolute atomic E-state index is 8.46. The van der Waals surface area contributed by atoms with Crippen molar-refractivity contribution in [1.29, 1.82) is 0 Å². The fourth-order valence-electron chi connectivity index (χ4n) is 1.11. The second-order valence-corrected chi connectivity index (χ2v) is 5.43. The smallest absolute Gasteiger partial charge is 0.220 e. The molecule has 0 saturated heterocycles. The van der Waals surface area contributed by atoms with Crippen LogP contribution in [-0.4, -0.2) is 11.0 Å². The Morgan fingerprint density at radius 2 is 2.41 bits per heavy atom. The molecule has 0 amide bonds. The van der Waals surface area contributed by atoms with Crippen LogP contribution in [0.25, 0.3) is 10.4 Å². The lowest BCUT2D eigenvalue weighted by Gasteiger charge is -2.07. The first-order valence-corrected chi connectivity index (χ1v) is 6.99. The van der Waals surface area contributed by atoms with E-state index >= 15 is 0 Å². The molecule has 0 aliphatic carbocycles. The Bertz CT molecular complexity index is 461. The van der Waals surface area contributed by atoms with Crippen molar-refractivity contribution in [2.45, 2.75) is 12.7 Å². The molecule has 0 unspecified atom stereocenters. The second kappa shape index (κ2) is 7.55. The van der Waals surface area contributed by atoms with E-state index < -0.39 is 0 Å². The van der Waals surface area contributed by atoms with Gasteiger partial charge < -0.3 is 4.74 Å². The number of nitrogens with zero attached hydrogens (tertiary/aromatic N) is 3. The van der Waals surface area contributed by atoms with Crippen LogP contribution in [0.5, 0.6) is 0 Å². The van der Waals surface area contributed by atoms with Gasteiger partial charge in [0.2, 0.25) is 4.38 Å². The molecule has 90 valence electrons. The number of rotatable bonds is 4. The molecule has 7 heteroatoms. The number of hydrogen-bond donors (Lipinski definition) is 0. The number of azide groups is 1. The van der Waals surface area contributed by atoms with Crippen molar-refractivity contribution in [2.24, 2.45) is 5.11 Å². The summed E-state index contributed by atoms with van der Waals surface area (Å²) >= 11 is 9.80. The van der Waals surface area contributed by atoms with Crippen LogP contribution in [-0.2, 0) is 10.5 Å². The summed E-state index contributed by atoms with van der Waals surface area (Å²) in [7, 11) is 0. The fraction of sp³-hybridized carbons (Fsp3) is 0.300. The molecule has 1 aromatic carbocycles. The van der Waals surface area contributed by atoms with E-state index in [1.54, 1.807) is 6.07 Å². The van der Waals surface area contributed by atoms with Gasteiger partial charge in [0.15, 0.2) is 0 Å². The molecule has 17 heavy (non-hydrogen) atoms. The minimum Gasteiger partial charge on any atom is -0.479 e. The predicted molar refractivity (Wildman–Crippen MR) is 78.5 cm³/mol. The van der Waals surface area contributed by atoms with Crippen molar-refractivity contribution < 1.29 is 4.74 Å². The van der Waals surface area contributed by atoms with Crippen LogP contribution in [0.3, 0.4) is 0 Å². The van der Waals surface area contributed by atoms with Crippen LogP contribution < -0.4 is 0 Å². The average Bonchev–Trinajstić information content (AvgIpc) is 2.30. The van der Waals surface area contributed by atoms with Crippen molar-refractivity contribution in [3.8, 4) is 0 Å². The second-order valence-electron chi connectivity index (χ2n) is 2.93. The molecule has 0 heterocycles. The first-order chi connectivity index (χ1) is 8.17. The van der Waals surface area contributed by atoms with Crippen molar-refractivity contribution >= 4 is 50.0 Å². The lowest BCUT2D eigenvalue weighted by atomic mass is 10.2. The zero-order valence-electron chi connectivity index (χ0n) is 9.09. The third-order valence-electron chi connectivity index (χ3n) is 1.80. The third-order valence-corrected chi connectivity index (χ3v) is 3.58. The molecule has 4 nitrogen and oxygen atoms in total. The highest BCUT2D eigenvalue weighted by Gasteiger charge is 2.05. The molecular formula is C10H10BrN3OS2. The summed E-state index contributed by atoms with van der Waals surface area (Å²) < 4.78 is 6.61. The summed E-state index contributed by atoms with van der Waals surface area (Å²) in [5.41, 5.74) is 10.00. The first-order valence-electron chi connectivity index (χ1n) is 4.80. The first kappa shape index (κ1) is 14.3.